The molecule has 1 aromatic heterocycles. The molecule has 1 aliphatic heterocycles. The standard InChI is InChI=1S/C17H22Cl2N6O/c1-12-22-16(23-25(12)15-13(18)4-2-5-14(15)19)17(26)21-6-3-9-24-10-7-20-8-11-24/h2,4-5,20H,3,6-11H2,1H3,(H,21,26). The predicted octanol–water partition coefficient (Wildman–Crippen LogP) is 1.91. The number of aryl methyl sites for hydroxylation is 1. The van der Waals surface area contributed by atoms with Crippen LogP contribution < -0.4 is 10.6 Å². The molecular weight excluding hydrogens is 375 g/mol. The van der Waals surface area contributed by atoms with Gasteiger partial charge < -0.3 is 15.5 Å². The molecule has 140 valence electrons. The van der Waals surface area contributed by atoms with Gasteiger partial charge in [0.1, 0.15) is 11.5 Å². The third-order valence-corrected chi connectivity index (χ3v) is 4.88. The van der Waals surface area contributed by atoms with E-state index in [-0.39, 0.29) is 11.7 Å². The van der Waals surface area contributed by atoms with Crippen molar-refractivity contribution >= 4 is 29.1 Å². The van der Waals surface area contributed by atoms with Crippen molar-refractivity contribution in [3.63, 3.8) is 0 Å². The quantitative estimate of drug-likeness (QED) is 0.729. The molecule has 26 heavy (non-hydrogen) atoms. The van der Waals surface area contributed by atoms with Gasteiger partial charge in [-0.25, -0.2) is 9.67 Å². The number of piperazine rings is 1. The summed E-state index contributed by atoms with van der Waals surface area (Å²) in [5, 5.41) is 11.4. The lowest BCUT2D eigenvalue weighted by Gasteiger charge is -2.26. The lowest BCUT2D eigenvalue weighted by Crippen LogP contribution is -2.44. The number of nitrogens with zero attached hydrogens (tertiary/aromatic N) is 4. The van der Waals surface area contributed by atoms with Crippen LogP contribution in [-0.4, -0.2) is 64.8 Å². The summed E-state index contributed by atoms with van der Waals surface area (Å²) in [4.78, 5) is 19.0. The molecule has 1 aromatic carbocycles. The lowest BCUT2D eigenvalue weighted by atomic mass is 10.3. The summed E-state index contributed by atoms with van der Waals surface area (Å²) in [6.45, 7) is 7.47. The molecule has 1 fully saturated rings. The molecule has 0 atom stereocenters. The minimum absolute atomic E-state index is 0.112. The van der Waals surface area contributed by atoms with Crippen LogP contribution in [-0.2, 0) is 0 Å². The maximum atomic E-state index is 12.3. The van der Waals surface area contributed by atoms with Crippen molar-refractivity contribution in [2.24, 2.45) is 0 Å². The largest absolute Gasteiger partial charge is 0.349 e. The smallest absolute Gasteiger partial charge is 0.290 e. The maximum Gasteiger partial charge on any atom is 0.290 e. The van der Waals surface area contributed by atoms with Gasteiger partial charge in [-0.2, -0.15) is 0 Å². The van der Waals surface area contributed by atoms with Gasteiger partial charge >= 0.3 is 0 Å². The zero-order chi connectivity index (χ0) is 18.5. The number of rotatable bonds is 6. The van der Waals surface area contributed by atoms with Crippen LogP contribution in [0.1, 0.15) is 22.9 Å². The Bertz CT molecular complexity index is 752. The normalized spacial score (nSPS) is 15.2. The summed E-state index contributed by atoms with van der Waals surface area (Å²) >= 11 is 12.4. The Morgan fingerprint density at radius 2 is 1.96 bits per heavy atom. The molecule has 0 radical (unpaired) electrons. The molecule has 0 saturated carbocycles. The fourth-order valence-corrected chi connectivity index (χ4v) is 3.47. The Kier molecular flexibility index (Phi) is 6.48. The average Bonchev–Trinajstić information content (AvgIpc) is 3.01. The van der Waals surface area contributed by atoms with E-state index in [1.165, 1.54) is 4.68 Å². The highest BCUT2D eigenvalue weighted by Gasteiger charge is 2.18. The molecule has 1 aliphatic rings. The first kappa shape index (κ1) is 19.1. The van der Waals surface area contributed by atoms with Gasteiger partial charge in [0.25, 0.3) is 5.91 Å². The Labute approximate surface area is 162 Å². The van der Waals surface area contributed by atoms with Gasteiger partial charge in [-0.1, -0.05) is 29.3 Å². The van der Waals surface area contributed by atoms with Crippen LogP contribution in [0, 0.1) is 6.92 Å². The van der Waals surface area contributed by atoms with Crippen LogP contribution in [0.25, 0.3) is 5.69 Å². The van der Waals surface area contributed by atoms with Crippen LogP contribution in [0.4, 0.5) is 0 Å². The molecule has 2 heterocycles. The zero-order valence-electron chi connectivity index (χ0n) is 14.6. The highest BCUT2D eigenvalue weighted by molar-refractivity contribution is 6.37. The number of amides is 1. The van der Waals surface area contributed by atoms with Crippen molar-refractivity contribution in [1.82, 2.24) is 30.3 Å². The van der Waals surface area contributed by atoms with E-state index in [2.05, 4.69) is 25.6 Å². The van der Waals surface area contributed by atoms with Gasteiger partial charge in [-0.3, -0.25) is 4.79 Å². The first-order valence-corrected chi connectivity index (χ1v) is 9.41. The molecule has 3 rings (SSSR count). The van der Waals surface area contributed by atoms with Crippen LogP contribution >= 0.6 is 23.2 Å². The molecule has 2 aromatic rings. The topological polar surface area (TPSA) is 75.1 Å². The number of hydrogen-bond donors (Lipinski definition) is 2. The number of hydrogen-bond acceptors (Lipinski definition) is 5. The number of para-hydroxylation sites is 1. The Balaban J connectivity index is 1.58. The first-order chi connectivity index (χ1) is 12.6. The monoisotopic (exact) mass is 396 g/mol. The molecule has 0 spiro atoms. The first-order valence-electron chi connectivity index (χ1n) is 8.65. The van der Waals surface area contributed by atoms with Gasteiger partial charge in [0.15, 0.2) is 0 Å². The van der Waals surface area contributed by atoms with Crippen LogP contribution in [0.2, 0.25) is 10.0 Å². The second-order valence-electron chi connectivity index (χ2n) is 6.17. The molecule has 0 unspecified atom stereocenters. The Morgan fingerprint density at radius 3 is 2.65 bits per heavy atom. The van der Waals surface area contributed by atoms with Crippen molar-refractivity contribution in [2.75, 3.05) is 39.3 Å². The van der Waals surface area contributed by atoms with E-state index in [0.717, 1.165) is 39.1 Å². The minimum atomic E-state index is -0.296. The summed E-state index contributed by atoms with van der Waals surface area (Å²) in [6, 6.07) is 5.20. The molecule has 0 bridgehead atoms. The highest BCUT2D eigenvalue weighted by Crippen LogP contribution is 2.28. The predicted molar refractivity (Wildman–Crippen MR) is 102 cm³/mol. The summed E-state index contributed by atoms with van der Waals surface area (Å²) in [5.41, 5.74) is 0.526. The van der Waals surface area contributed by atoms with E-state index in [0.29, 0.717) is 28.1 Å². The number of nitrogens with one attached hydrogen (secondary N) is 2. The van der Waals surface area contributed by atoms with Crippen molar-refractivity contribution in [2.45, 2.75) is 13.3 Å². The Hall–Kier alpha value is -1.67. The Morgan fingerprint density at radius 1 is 1.27 bits per heavy atom. The second-order valence-corrected chi connectivity index (χ2v) is 6.98. The molecule has 1 amide bonds. The molecule has 9 heteroatoms. The summed E-state index contributed by atoms with van der Waals surface area (Å²) in [5.74, 6) is 0.363. The van der Waals surface area contributed by atoms with Crippen LogP contribution in [0.3, 0.4) is 0 Å². The van der Waals surface area contributed by atoms with E-state index in [4.69, 9.17) is 23.2 Å². The zero-order valence-corrected chi connectivity index (χ0v) is 16.1. The number of carbonyl (C=O) groups is 1. The van der Waals surface area contributed by atoms with E-state index in [9.17, 15) is 4.79 Å². The van der Waals surface area contributed by atoms with Gasteiger partial charge in [0, 0.05) is 32.7 Å². The van der Waals surface area contributed by atoms with E-state index in [1.54, 1.807) is 25.1 Å². The highest BCUT2D eigenvalue weighted by atomic mass is 35.5. The lowest BCUT2D eigenvalue weighted by molar-refractivity contribution is 0.0941. The van der Waals surface area contributed by atoms with E-state index >= 15 is 0 Å². The number of carbonyl (C=O) groups excluding carboxylic acids is 1. The third-order valence-electron chi connectivity index (χ3n) is 4.27. The van der Waals surface area contributed by atoms with Crippen molar-refractivity contribution in [3.8, 4) is 5.69 Å². The molecule has 7 nitrogen and oxygen atoms in total. The number of aromatic nitrogens is 3. The number of benzene rings is 1. The average molecular weight is 397 g/mol. The number of halogens is 2. The summed E-state index contributed by atoms with van der Waals surface area (Å²) in [6.07, 6.45) is 0.891. The van der Waals surface area contributed by atoms with E-state index < -0.39 is 0 Å². The third kappa shape index (κ3) is 4.54. The van der Waals surface area contributed by atoms with Gasteiger partial charge in [0.2, 0.25) is 5.82 Å². The summed E-state index contributed by atoms with van der Waals surface area (Å²) < 4.78 is 1.50. The second kappa shape index (κ2) is 8.81. The minimum Gasteiger partial charge on any atom is -0.349 e. The van der Waals surface area contributed by atoms with Gasteiger partial charge in [-0.15, -0.1) is 5.10 Å². The van der Waals surface area contributed by atoms with E-state index in [1.807, 2.05) is 0 Å². The molecule has 0 aliphatic carbocycles. The molecule has 2 N–H and O–H groups in total. The fourth-order valence-electron chi connectivity index (χ4n) is 2.91. The van der Waals surface area contributed by atoms with Crippen LogP contribution in [0.5, 0.6) is 0 Å². The van der Waals surface area contributed by atoms with Crippen LogP contribution in [0.15, 0.2) is 18.2 Å². The fraction of sp³-hybridized carbons (Fsp3) is 0.471. The summed E-state index contributed by atoms with van der Waals surface area (Å²) in [7, 11) is 0. The van der Waals surface area contributed by atoms with Crippen molar-refractivity contribution in [3.05, 3.63) is 39.9 Å². The molecule has 1 saturated heterocycles. The molecular formula is C17H22Cl2N6O. The maximum absolute atomic E-state index is 12.3. The SMILES string of the molecule is Cc1nc(C(=O)NCCCN2CCNCC2)nn1-c1c(Cl)cccc1Cl. The van der Waals surface area contributed by atoms with Gasteiger partial charge in [-0.05, 0) is 32.0 Å². The van der Waals surface area contributed by atoms with Gasteiger partial charge in [0.05, 0.1) is 10.0 Å². The van der Waals surface area contributed by atoms with Crippen molar-refractivity contribution in [1.29, 1.82) is 0 Å². The van der Waals surface area contributed by atoms with Crippen molar-refractivity contribution < 1.29 is 4.79 Å².